The normalized spacial score (nSPS) is 52.7. The van der Waals surface area contributed by atoms with Crippen molar-refractivity contribution in [1.29, 1.82) is 0 Å². The van der Waals surface area contributed by atoms with Crippen molar-refractivity contribution in [1.82, 2.24) is 0 Å². The monoisotopic (exact) mass is 456 g/mol. The molecule has 8 heteroatoms. The van der Waals surface area contributed by atoms with Gasteiger partial charge in [-0.3, -0.25) is 4.79 Å². The van der Waals surface area contributed by atoms with Crippen molar-refractivity contribution in [3.05, 3.63) is 36.3 Å². The van der Waals surface area contributed by atoms with Crippen LogP contribution >= 0.6 is 0 Å². The Morgan fingerprint density at radius 3 is 2.67 bits per heavy atom. The number of carbonyl (C=O) groups is 2. The molecule has 0 aromatic carbocycles. The smallest absolute Gasteiger partial charge is 0.331 e. The number of furan rings is 1. The van der Waals surface area contributed by atoms with E-state index in [1.807, 2.05) is 26.8 Å². The molecule has 2 saturated carbocycles. The molecule has 1 aromatic rings. The summed E-state index contributed by atoms with van der Waals surface area (Å²) in [7, 11) is 0. The van der Waals surface area contributed by atoms with Gasteiger partial charge in [0.15, 0.2) is 5.79 Å². The average Bonchev–Trinajstić information content (AvgIpc) is 3.21. The fraction of sp³-hybridized carbons (Fsp3) is 0.680. The number of esters is 2. The number of cyclic esters (lactones) is 2. The first kappa shape index (κ1) is 20.2. The Kier molecular flexibility index (Phi) is 3.41. The molecule has 0 spiro atoms. The molecule has 1 N–H and O–H groups in total. The summed E-state index contributed by atoms with van der Waals surface area (Å²) in [5.74, 6) is -2.21. The Morgan fingerprint density at radius 1 is 1.15 bits per heavy atom. The van der Waals surface area contributed by atoms with E-state index in [9.17, 15) is 14.7 Å². The highest BCUT2D eigenvalue weighted by molar-refractivity contribution is 5.87. The SMILES string of the molecule is CC1(C)O[C@](O)(C[C@@]23C[C@@]45C[C@]4(C[C@@H]2O3)[C@H](c2ccoc2)OC5=O)C[C@@H]1[C@]1(C)C=CC(=O)O1. The van der Waals surface area contributed by atoms with E-state index >= 15 is 0 Å². The number of aliphatic hydroxyl groups is 1. The van der Waals surface area contributed by atoms with Crippen molar-refractivity contribution in [2.75, 3.05) is 0 Å². The molecule has 4 aliphatic heterocycles. The van der Waals surface area contributed by atoms with Gasteiger partial charge in [-0.2, -0.15) is 0 Å². The topological polar surface area (TPSA) is 108 Å². The van der Waals surface area contributed by atoms with E-state index < -0.39 is 28.0 Å². The minimum atomic E-state index is -1.44. The van der Waals surface area contributed by atoms with Crippen molar-refractivity contribution < 1.29 is 38.1 Å². The molecule has 1 aromatic heterocycles. The second kappa shape index (κ2) is 5.56. The van der Waals surface area contributed by atoms with Crippen molar-refractivity contribution in [3.8, 4) is 0 Å². The average molecular weight is 456 g/mol. The number of hydrogen-bond donors (Lipinski definition) is 1. The lowest BCUT2D eigenvalue weighted by atomic mass is 9.70. The Bertz CT molecular complexity index is 1110. The maximum absolute atomic E-state index is 13.0. The summed E-state index contributed by atoms with van der Waals surface area (Å²) in [6, 6.07) is 1.86. The van der Waals surface area contributed by atoms with E-state index in [4.69, 9.17) is 23.4 Å². The van der Waals surface area contributed by atoms with Crippen LogP contribution in [0.25, 0.3) is 0 Å². The molecular weight excluding hydrogens is 428 g/mol. The van der Waals surface area contributed by atoms with Crippen LogP contribution in [-0.4, -0.2) is 45.7 Å². The van der Waals surface area contributed by atoms with Crippen molar-refractivity contribution in [2.24, 2.45) is 16.7 Å². The van der Waals surface area contributed by atoms with E-state index in [-0.39, 0.29) is 41.9 Å². The van der Waals surface area contributed by atoms with Gasteiger partial charge in [-0.1, -0.05) is 0 Å². The molecule has 0 amide bonds. The maximum atomic E-state index is 13.0. The van der Waals surface area contributed by atoms with Crippen LogP contribution in [0.1, 0.15) is 64.5 Å². The molecule has 5 fully saturated rings. The first-order valence-corrected chi connectivity index (χ1v) is 11.7. The number of epoxide rings is 1. The molecule has 33 heavy (non-hydrogen) atoms. The lowest BCUT2D eigenvalue weighted by Gasteiger charge is -2.36. The fourth-order valence-corrected chi connectivity index (χ4v) is 7.98. The first-order chi connectivity index (χ1) is 15.5. The van der Waals surface area contributed by atoms with Crippen LogP contribution in [0.15, 0.2) is 35.2 Å². The summed E-state index contributed by atoms with van der Waals surface area (Å²) in [4.78, 5) is 24.8. The van der Waals surface area contributed by atoms with Gasteiger partial charge < -0.3 is 28.5 Å². The third kappa shape index (κ3) is 2.42. The van der Waals surface area contributed by atoms with Crippen molar-refractivity contribution >= 4 is 11.9 Å². The highest BCUT2D eigenvalue weighted by Crippen LogP contribution is 2.85. The Hall–Kier alpha value is -2.16. The van der Waals surface area contributed by atoms with Gasteiger partial charge in [0.25, 0.3) is 0 Å². The summed E-state index contributed by atoms with van der Waals surface area (Å²) < 4.78 is 29.1. The highest BCUT2D eigenvalue weighted by Gasteiger charge is 2.89. The van der Waals surface area contributed by atoms with Crippen molar-refractivity contribution in [2.45, 2.75) is 87.7 Å². The quantitative estimate of drug-likeness (QED) is 0.544. The van der Waals surface area contributed by atoms with Gasteiger partial charge in [0, 0.05) is 35.8 Å². The third-order valence-electron chi connectivity index (χ3n) is 9.42. The lowest BCUT2D eigenvalue weighted by molar-refractivity contribution is -0.229. The minimum Gasteiger partial charge on any atom is -0.472 e. The largest absolute Gasteiger partial charge is 0.472 e. The van der Waals surface area contributed by atoms with Crippen LogP contribution in [0.2, 0.25) is 0 Å². The second-order valence-electron chi connectivity index (χ2n) is 11.8. The van der Waals surface area contributed by atoms with Crippen LogP contribution in [-0.2, 0) is 28.5 Å². The van der Waals surface area contributed by atoms with Gasteiger partial charge >= 0.3 is 11.9 Å². The zero-order valence-electron chi connectivity index (χ0n) is 19.0. The van der Waals surface area contributed by atoms with E-state index in [0.29, 0.717) is 12.8 Å². The molecule has 7 rings (SSSR count). The summed E-state index contributed by atoms with van der Waals surface area (Å²) >= 11 is 0. The predicted molar refractivity (Wildman–Crippen MR) is 110 cm³/mol. The predicted octanol–water partition coefficient (Wildman–Crippen LogP) is 2.95. The zero-order chi connectivity index (χ0) is 23.1. The molecule has 5 heterocycles. The maximum Gasteiger partial charge on any atom is 0.331 e. The van der Waals surface area contributed by atoms with E-state index in [2.05, 4.69) is 0 Å². The van der Waals surface area contributed by atoms with Gasteiger partial charge in [0.2, 0.25) is 0 Å². The van der Waals surface area contributed by atoms with Gasteiger partial charge in [-0.05, 0) is 52.2 Å². The molecule has 0 unspecified atom stereocenters. The standard InChI is InChI=1S/C25H28O8/c1-20(2)15(21(3)6-4-17(26)32-21)8-25(28,33-20)13-24-12-23-11-22(23,9-16(24)31-24)18(30-19(23)27)14-5-7-29-10-14/h4-7,10,15-16,18,28H,8-9,11-13H2,1-3H3/t15-,16-,18-,21-,22+,23+,24-,25-/m0/s1. The Morgan fingerprint density at radius 2 is 1.97 bits per heavy atom. The zero-order valence-corrected chi connectivity index (χ0v) is 19.0. The third-order valence-corrected chi connectivity index (χ3v) is 9.42. The van der Waals surface area contributed by atoms with Crippen LogP contribution < -0.4 is 0 Å². The Labute approximate surface area is 191 Å². The number of fused-ring (bicyclic) bond motifs is 1. The number of ether oxygens (including phenoxy) is 4. The van der Waals surface area contributed by atoms with E-state index in [1.165, 1.54) is 6.08 Å². The molecule has 0 radical (unpaired) electrons. The minimum absolute atomic E-state index is 0.0494. The lowest BCUT2D eigenvalue weighted by Crippen LogP contribution is -2.44. The van der Waals surface area contributed by atoms with Gasteiger partial charge in [-0.25, -0.2) is 4.79 Å². The van der Waals surface area contributed by atoms with Crippen LogP contribution in [0.5, 0.6) is 0 Å². The van der Waals surface area contributed by atoms with Crippen LogP contribution in [0, 0.1) is 16.7 Å². The molecule has 176 valence electrons. The summed E-state index contributed by atoms with van der Waals surface area (Å²) in [6.07, 6.45) is 8.71. The number of rotatable bonds is 4. The molecular formula is C25H28O8. The highest BCUT2D eigenvalue weighted by atomic mass is 16.7. The second-order valence-corrected chi connectivity index (χ2v) is 11.8. The summed E-state index contributed by atoms with van der Waals surface area (Å²) in [6.45, 7) is 5.69. The van der Waals surface area contributed by atoms with Gasteiger partial charge in [0.1, 0.15) is 17.3 Å². The number of carbonyl (C=O) groups excluding carboxylic acids is 2. The van der Waals surface area contributed by atoms with E-state index in [0.717, 1.165) is 18.4 Å². The molecule has 6 aliphatic rings. The van der Waals surface area contributed by atoms with Gasteiger partial charge in [0.05, 0.1) is 29.6 Å². The Balaban J connectivity index is 1.14. The van der Waals surface area contributed by atoms with Crippen LogP contribution in [0.3, 0.4) is 0 Å². The number of hydrogen-bond acceptors (Lipinski definition) is 8. The molecule has 0 bridgehead atoms. The molecule has 8 atom stereocenters. The molecule has 8 nitrogen and oxygen atoms in total. The summed E-state index contributed by atoms with van der Waals surface area (Å²) in [5.41, 5.74) is -2.08. The molecule has 2 aliphatic carbocycles. The van der Waals surface area contributed by atoms with Crippen LogP contribution in [0.4, 0.5) is 0 Å². The first-order valence-electron chi connectivity index (χ1n) is 11.7. The van der Waals surface area contributed by atoms with E-state index in [1.54, 1.807) is 18.6 Å². The summed E-state index contributed by atoms with van der Waals surface area (Å²) in [5, 5.41) is 11.6. The fourth-order valence-electron chi connectivity index (χ4n) is 7.98. The van der Waals surface area contributed by atoms with Crippen molar-refractivity contribution in [3.63, 3.8) is 0 Å². The van der Waals surface area contributed by atoms with Gasteiger partial charge in [-0.15, -0.1) is 0 Å². The molecule has 3 saturated heterocycles.